The number of aromatic nitrogens is 1. The minimum Gasteiger partial charge on any atom is -0.475 e. The fourth-order valence-electron chi connectivity index (χ4n) is 3.40. The van der Waals surface area contributed by atoms with E-state index < -0.39 is 35.5 Å². The summed E-state index contributed by atoms with van der Waals surface area (Å²) < 4.78 is 40.6. The summed E-state index contributed by atoms with van der Waals surface area (Å²) in [5.41, 5.74) is -0.0577. The Morgan fingerprint density at radius 3 is 2.59 bits per heavy atom. The molecular formula is C18H15F3N2O4. The van der Waals surface area contributed by atoms with Gasteiger partial charge in [-0.1, -0.05) is 0 Å². The van der Waals surface area contributed by atoms with Crippen molar-refractivity contribution in [2.24, 2.45) is 0 Å². The van der Waals surface area contributed by atoms with Gasteiger partial charge >= 0.3 is 5.97 Å². The number of Topliss-reactive ketones (excluding diaryl/α,β-unsaturated/α-hetero) is 1. The number of benzene rings is 1. The van der Waals surface area contributed by atoms with Gasteiger partial charge < -0.3 is 15.0 Å². The minimum absolute atomic E-state index is 0.0276. The molecule has 2 aromatic rings. The topological polar surface area (TPSA) is 88.4 Å². The van der Waals surface area contributed by atoms with Crippen LogP contribution in [0.4, 0.5) is 18.9 Å². The Hall–Kier alpha value is -3.10. The maximum Gasteiger partial charge on any atom is 0.378 e. The number of halogens is 3. The molecule has 1 aliphatic rings. The quantitative estimate of drug-likeness (QED) is 0.615. The molecule has 0 saturated carbocycles. The number of carboxylic acids is 1. The number of alkyl halides is 2. The Labute approximate surface area is 151 Å². The van der Waals surface area contributed by atoms with E-state index >= 15 is 0 Å². The highest BCUT2D eigenvalue weighted by atomic mass is 19.3. The number of anilines is 1. The lowest BCUT2D eigenvalue weighted by atomic mass is 10.0. The van der Waals surface area contributed by atoms with Crippen LogP contribution in [0.25, 0.3) is 0 Å². The summed E-state index contributed by atoms with van der Waals surface area (Å²) >= 11 is 0. The highest BCUT2D eigenvalue weighted by molar-refractivity contribution is 6.40. The molecule has 2 N–H and O–H groups in total. The van der Waals surface area contributed by atoms with Gasteiger partial charge in [0.1, 0.15) is 11.5 Å². The number of ketones is 1. The van der Waals surface area contributed by atoms with E-state index in [2.05, 4.69) is 5.32 Å². The molecule has 1 aromatic heterocycles. The first-order valence-electron chi connectivity index (χ1n) is 8.11. The molecular weight excluding hydrogens is 365 g/mol. The second kappa shape index (κ2) is 6.90. The molecule has 0 aliphatic carbocycles. The first-order chi connectivity index (χ1) is 12.7. The number of hydrogen-bond acceptors (Lipinski definition) is 3. The zero-order valence-electron chi connectivity index (χ0n) is 14.2. The molecule has 0 atom stereocenters. The third-order valence-electron chi connectivity index (χ3n) is 4.54. The van der Waals surface area contributed by atoms with Gasteiger partial charge in [-0.3, -0.25) is 9.59 Å². The van der Waals surface area contributed by atoms with E-state index in [1.54, 1.807) is 0 Å². The Morgan fingerprint density at radius 1 is 1.26 bits per heavy atom. The summed E-state index contributed by atoms with van der Waals surface area (Å²) in [4.78, 5) is 35.8. The molecule has 27 heavy (non-hydrogen) atoms. The van der Waals surface area contributed by atoms with Crippen LogP contribution >= 0.6 is 0 Å². The van der Waals surface area contributed by atoms with Gasteiger partial charge in [-0.2, -0.15) is 0 Å². The Balaban J connectivity index is 1.99. The van der Waals surface area contributed by atoms with E-state index in [-0.39, 0.29) is 22.5 Å². The molecule has 6 nitrogen and oxygen atoms in total. The monoisotopic (exact) mass is 380 g/mol. The van der Waals surface area contributed by atoms with E-state index in [1.807, 2.05) is 0 Å². The Kier molecular flexibility index (Phi) is 4.77. The fourth-order valence-corrected chi connectivity index (χ4v) is 3.40. The molecule has 0 fully saturated rings. The van der Waals surface area contributed by atoms with Crippen LogP contribution in [0.3, 0.4) is 0 Å². The Morgan fingerprint density at radius 2 is 1.96 bits per heavy atom. The number of amides is 1. The number of aliphatic carboxylic acids is 1. The number of rotatable bonds is 5. The number of fused-ring (bicyclic) bond motifs is 1. The summed E-state index contributed by atoms with van der Waals surface area (Å²) in [5.74, 6) is -4.50. The summed E-state index contributed by atoms with van der Waals surface area (Å²) in [7, 11) is 0. The average molecular weight is 380 g/mol. The van der Waals surface area contributed by atoms with Gasteiger partial charge in [0.2, 0.25) is 0 Å². The van der Waals surface area contributed by atoms with Crippen LogP contribution in [0.15, 0.2) is 18.2 Å². The van der Waals surface area contributed by atoms with Crippen LogP contribution in [-0.2, 0) is 17.8 Å². The Bertz CT molecular complexity index is 966. The zero-order valence-corrected chi connectivity index (χ0v) is 14.2. The standard InChI is InChI=1S/C18H15F3N2O4/c1-8-13(12-3-2-6-23(12)14(8)15(24)18(26)27)17(25)22-9-4-5-11(19)10(7-9)16(20)21/h4-5,7,16H,2-3,6H2,1H3,(H,22,25)(H,26,27). The summed E-state index contributed by atoms with van der Waals surface area (Å²) in [6, 6.07) is 2.81. The van der Waals surface area contributed by atoms with Gasteiger partial charge in [0.15, 0.2) is 0 Å². The van der Waals surface area contributed by atoms with Crippen molar-refractivity contribution in [3.63, 3.8) is 0 Å². The maximum atomic E-state index is 13.4. The lowest BCUT2D eigenvalue weighted by Crippen LogP contribution is -2.18. The van der Waals surface area contributed by atoms with Gasteiger partial charge in [0.05, 0.1) is 11.1 Å². The van der Waals surface area contributed by atoms with Crippen molar-refractivity contribution in [3.05, 3.63) is 52.1 Å². The van der Waals surface area contributed by atoms with Crippen molar-refractivity contribution < 1.29 is 32.7 Å². The third kappa shape index (κ3) is 3.20. The van der Waals surface area contributed by atoms with Crippen molar-refractivity contribution in [1.29, 1.82) is 0 Å². The number of nitrogens with one attached hydrogen (secondary N) is 1. The van der Waals surface area contributed by atoms with Crippen molar-refractivity contribution in [1.82, 2.24) is 4.57 Å². The van der Waals surface area contributed by atoms with Gasteiger partial charge in [-0.05, 0) is 43.5 Å². The van der Waals surface area contributed by atoms with E-state index in [0.717, 1.165) is 18.2 Å². The molecule has 142 valence electrons. The van der Waals surface area contributed by atoms with E-state index in [4.69, 9.17) is 5.11 Å². The number of carboxylic acid groups (broad SMARTS) is 1. The molecule has 1 aromatic carbocycles. The van der Waals surface area contributed by atoms with Gasteiger partial charge in [0, 0.05) is 17.9 Å². The average Bonchev–Trinajstić information content (AvgIpc) is 3.14. The highest BCUT2D eigenvalue weighted by Gasteiger charge is 2.33. The smallest absolute Gasteiger partial charge is 0.378 e. The molecule has 0 saturated heterocycles. The summed E-state index contributed by atoms with van der Waals surface area (Å²) in [6.45, 7) is 1.87. The molecule has 1 aliphatic heterocycles. The first kappa shape index (κ1) is 18.7. The second-order valence-electron chi connectivity index (χ2n) is 6.18. The lowest BCUT2D eigenvalue weighted by molar-refractivity contribution is -0.131. The minimum atomic E-state index is -3.04. The highest BCUT2D eigenvalue weighted by Crippen LogP contribution is 2.31. The SMILES string of the molecule is Cc1c(C(=O)Nc2ccc(F)c(C(F)F)c2)c2n(c1C(=O)C(=O)O)CCC2. The van der Waals surface area contributed by atoms with E-state index in [0.29, 0.717) is 25.1 Å². The molecule has 1 amide bonds. The molecule has 9 heteroatoms. The van der Waals surface area contributed by atoms with Crippen LogP contribution in [0.2, 0.25) is 0 Å². The van der Waals surface area contributed by atoms with Crippen LogP contribution in [-0.4, -0.2) is 27.3 Å². The van der Waals surface area contributed by atoms with Crippen molar-refractivity contribution in [2.75, 3.05) is 5.32 Å². The summed E-state index contributed by atoms with van der Waals surface area (Å²) in [6.07, 6.45) is -1.92. The number of nitrogens with zero attached hydrogens (tertiary/aromatic N) is 1. The normalized spacial score (nSPS) is 12.9. The molecule has 0 spiro atoms. The van der Waals surface area contributed by atoms with Crippen LogP contribution < -0.4 is 5.32 Å². The van der Waals surface area contributed by atoms with Crippen LogP contribution in [0.1, 0.15) is 50.5 Å². The van der Waals surface area contributed by atoms with Crippen molar-refractivity contribution in [2.45, 2.75) is 32.7 Å². The van der Waals surface area contributed by atoms with Crippen molar-refractivity contribution in [3.8, 4) is 0 Å². The van der Waals surface area contributed by atoms with Crippen molar-refractivity contribution >= 4 is 23.3 Å². The van der Waals surface area contributed by atoms with Crippen LogP contribution in [0, 0.1) is 12.7 Å². The number of carbonyl (C=O) groups excluding carboxylic acids is 2. The molecule has 3 rings (SSSR count). The number of hydrogen-bond donors (Lipinski definition) is 2. The second-order valence-corrected chi connectivity index (χ2v) is 6.18. The molecule has 0 radical (unpaired) electrons. The predicted molar refractivity (Wildman–Crippen MR) is 88.8 cm³/mol. The van der Waals surface area contributed by atoms with Gasteiger partial charge in [0.25, 0.3) is 18.1 Å². The van der Waals surface area contributed by atoms with E-state index in [9.17, 15) is 27.6 Å². The molecule has 0 unspecified atom stereocenters. The van der Waals surface area contributed by atoms with E-state index in [1.165, 1.54) is 11.5 Å². The van der Waals surface area contributed by atoms with Gasteiger partial charge in [-0.15, -0.1) is 0 Å². The van der Waals surface area contributed by atoms with Gasteiger partial charge in [-0.25, -0.2) is 18.0 Å². The first-order valence-corrected chi connectivity index (χ1v) is 8.11. The zero-order chi connectivity index (χ0) is 19.9. The maximum absolute atomic E-state index is 13.4. The predicted octanol–water partition coefficient (Wildman–Crippen LogP) is 3.34. The molecule has 0 bridgehead atoms. The third-order valence-corrected chi connectivity index (χ3v) is 4.54. The molecule has 2 heterocycles. The summed E-state index contributed by atoms with van der Waals surface area (Å²) in [5, 5.41) is 11.4. The largest absolute Gasteiger partial charge is 0.475 e. The van der Waals surface area contributed by atoms with Crippen LogP contribution in [0.5, 0.6) is 0 Å². The lowest BCUT2D eigenvalue weighted by Gasteiger charge is -2.09. The number of carbonyl (C=O) groups is 3. The fraction of sp³-hybridized carbons (Fsp3) is 0.278.